The molecule has 5 aromatic rings. The highest BCUT2D eigenvalue weighted by Crippen LogP contribution is 2.22. The van der Waals surface area contributed by atoms with Gasteiger partial charge in [0.05, 0.1) is 23.6 Å². The number of hydrogen-bond donors (Lipinski definition) is 2. The maximum Gasteiger partial charge on any atom is 0.222 e. The van der Waals surface area contributed by atoms with Crippen LogP contribution < -0.4 is 10.6 Å². The lowest BCUT2D eigenvalue weighted by Crippen LogP contribution is -2.15. The SMILES string of the molecule is Cn1cc(-c2ccc3c(NCCNc4ncc(Cc5ccccc5)cn4)cnn3c2)cn1. The number of fused-ring (bicyclic) bond motifs is 1. The summed E-state index contributed by atoms with van der Waals surface area (Å²) in [4.78, 5) is 8.85. The topological polar surface area (TPSA) is 85.0 Å². The fourth-order valence-corrected chi connectivity index (χ4v) is 3.60. The third-order valence-corrected chi connectivity index (χ3v) is 5.23. The molecule has 8 heteroatoms. The first-order chi connectivity index (χ1) is 15.7. The molecule has 1 aromatic carbocycles. The molecule has 0 fully saturated rings. The Morgan fingerprint density at radius 1 is 0.750 bits per heavy atom. The molecule has 32 heavy (non-hydrogen) atoms. The van der Waals surface area contributed by atoms with E-state index in [-0.39, 0.29) is 0 Å². The summed E-state index contributed by atoms with van der Waals surface area (Å²) in [5.41, 5.74) is 6.51. The zero-order chi connectivity index (χ0) is 21.8. The third kappa shape index (κ3) is 4.44. The molecule has 0 saturated heterocycles. The summed E-state index contributed by atoms with van der Waals surface area (Å²) in [6.45, 7) is 1.42. The van der Waals surface area contributed by atoms with Crippen molar-refractivity contribution in [3.8, 4) is 11.1 Å². The molecule has 0 aliphatic carbocycles. The lowest BCUT2D eigenvalue weighted by atomic mass is 10.1. The van der Waals surface area contributed by atoms with E-state index in [4.69, 9.17) is 0 Å². The minimum Gasteiger partial charge on any atom is -0.380 e. The van der Waals surface area contributed by atoms with Crippen molar-refractivity contribution in [1.29, 1.82) is 0 Å². The highest BCUT2D eigenvalue weighted by atomic mass is 15.2. The maximum atomic E-state index is 4.47. The Morgan fingerprint density at radius 3 is 2.34 bits per heavy atom. The molecular formula is C24H24N8. The van der Waals surface area contributed by atoms with Crippen LogP contribution in [0, 0.1) is 0 Å². The van der Waals surface area contributed by atoms with Gasteiger partial charge in [-0.3, -0.25) is 4.68 Å². The summed E-state index contributed by atoms with van der Waals surface area (Å²) in [5, 5.41) is 15.4. The van der Waals surface area contributed by atoms with E-state index in [0.717, 1.165) is 40.9 Å². The Morgan fingerprint density at radius 2 is 1.56 bits per heavy atom. The Kier molecular flexibility index (Phi) is 5.48. The zero-order valence-corrected chi connectivity index (χ0v) is 17.8. The Balaban J connectivity index is 1.14. The van der Waals surface area contributed by atoms with E-state index in [0.29, 0.717) is 12.5 Å². The molecule has 4 heterocycles. The number of rotatable bonds is 8. The molecule has 0 aliphatic rings. The fourth-order valence-electron chi connectivity index (χ4n) is 3.60. The molecule has 0 radical (unpaired) electrons. The number of pyridine rings is 1. The molecule has 5 rings (SSSR count). The largest absolute Gasteiger partial charge is 0.380 e. The number of nitrogens with one attached hydrogen (secondary N) is 2. The second-order valence-electron chi connectivity index (χ2n) is 7.64. The predicted octanol–water partition coefficient (Wildman–Crippen LogP) is 3.64. The summed E-state index contributed by atoms with van der Waals surface area (Å²) in [5.74, 6) is 0.629. The van der Waals surface area contributed by atoms with Crippen LogP contribution >= 0.6 is 0 Å². The number of hydrogen-bond acceptors (Lipinski definition) is 6. The van der Waals surface area contributed by atoms with E-state index in [2.05, 4.69) is 55.1 Å². The van der Waals surface area contributed by atoms with Gasteiger partial charge in [-0.2, -0.15) is 10.2 Å². The molecule has 8 nitrogen and oxygen atoms in total. The molecule has 0 atom stereocenters. The van der Waals surface area contributed by atoms with E-state index >= 15 is 0 Å². The van der Waals surface area contributed by atoms with Gasteiger partial charge in [0.2, 0.25) is 5.95 Å². The van der Waals surface area contributed by atoms with Crippen LogP contribution in [0.5, 0.6) is 0 Å². The summed E-state index contributed by atoms with van der Waals surface area (Å²) >= 11 is 0. The maximum absolute atomic E-state index is 4.47. The van der Waals surface area contributed by atoms with Crippen molar-refractivity contribution in [3.05, 3.63) is 90.8 Å². The van der Waals surface area contributed by atoms with E-state index in [1.807, 2.05) is 66.9 Å². The van der Waals surface area contributed by atoms with Crippen LogP contribution in [0.3, 0.4) is 0 Å². The summed E-state index contributed by atoms with van der Waals surface area (Å²) in [6, 6.07) is 14.5. The Bertz CT molecular complexity index is 1310. The van der Waals surface area contributed by atoms with Gasteiger partial charge in [-0.05, 0) is 17.2 Å². The minimum absolute atomic E-state index is 0.629. The van der Waals surface area contributed by atoms with E-state index in [9.17, 15) is 0 Å². The standard InChI is InChI=1S/C24H24N8/c1-31-16-21(14-29-31)20-7-8-23-22(15-30-32(23)17-20)25-9-10-26-24-27-12-19(13-28-24)11-18-5-3-2-4-6-18/h2-8,12-17,25H,9-11H2,1H3,(H,26,27,28). The first-order valence-corrected chi connectivity index (χ1v) is 10.5. The summed E-state index contributed by atoms with van der Waals surface area (Å²) < 4.78 is 3.68. The van der Waals surface area contributed by atoms with Crippen LogP contribution in [0.25, 0.3) is 16.6 Å². The molecule has 0 aliphatic heterocycles. The summed E-state index contributed by atoms with van der Waals surface area (Å²) in [6.07, 6.45) is 12.3. The molecule has 160 valence electrons. The van der Waals surface area contributed by atoms with Crippen LogP contribution in [0.4, 0.5) is 11.6 Å². The average Bonchev–Trinajstić information content (AvgIpc) is 3.44. The average molecular weight is 425 g/mol. The van der Waals surface area contributed by atoms with E-state index in [1.165, 1.54) is 5.56 Å². The molecule has 0 spiro atoms. The van der Waals surface area contributed by atoms with Crippen molar-refractivity contribution in [2.24, 2.45) is 7.05 Å². The number of aryl methyl sites for hydroxylation is 1. The minimum atomic E-state index is 0.629. The summed E-state index contributed by atoms with van der Waals surface area (Å²) in [7, 11) is 1.91. The van der Waals surface area contributed by atoms with Crippen molar-refractivity contribution in [3.63, 3.8) is 0 Å². The Labute approximate surface area is 186 Å². The molecule has 2 N–H and O–H groups in total. The van der Waals surface area contributed by atoms with Gasteiger partial charge < -0.3 is 10.6 Å². The molecule has 0 amide bonds. The third-order valence-electron chi connectivity index (χ3n) is 5.23. The lowest BCUT2D eigenvalue weighted by Gasteiger charge is -2.08. The monoisotopic (exact) mass is 424 g/mol. The van der Waals surface area contributed by atoms with Gasteiger partial charge in [0.25, 0.3) is 0 Å². The van der Waals surface area contributed by atoms with E-state index < -0.39 is 0 Å². The zero-order valence-electron chi connectivity index (χ0n) is 17.8. The number of anilines is 2. The van der Waals surface area contributed by atoms with Gasteiger partial charge in [0.1, 0.15) is 0 Å². The Hall–Kier alpha value is -4.20. The predicted molar refractivity (Wildman–Crippen MR) is 126 cm³/mol. The van der Waals surface area contributed by atoms with Gasteiger partial charge in [0.15, 0.2) is 0 Å². The van der Waals surface area contributed by atoms with Crippen LogP contribution in [-0.4, -0.2) is 42.5 Å². The number of aromatic nitrogens is 6. The molecule has 0 saturated carbocycles. The quantitative estimate of drug-likeness (QED) is 0.370. The molecule has 0 bridgehead atoms. The van der Waals surface area contributed by atoms with Crippen LogP contribution in [0.2, 0.25) is 0 Å². The number of benzene rings is 1. The molecule has 0 unspecified atom stereocenters. The van der Waals surface area contributed by atoms with Crippen molar-refractivity contribution in [2.75, 3.05) is 23.7 Å². The van der Waals surface area contributed by atoms with Gasteiger partial charge in [-0.25, -0.2) is 14.5 Å². The van der Waals surface area contributed by atoms with Crippen LogP contribution in [-0.2, 0) is 13.5 Å². The van der Waals surface area contributed by atoms with Crippen molar-refractivity contribution in [1.82, 2.24) is 29.4 Å². The van der Waals surface area contributed by atoms with Crippen LogP contribution in [0.1, 0.15) is 11.1 Å². The first kappa shape index (κ1) is 19.7. The van der Waals surface area contributed by atoms with Crippen molar-refractivity contribution < 1.29 is 0 Å². The van der Waals surface area contributed by atoms with Gasteiger partial charge in [-0.1, -0.05) is 36.4 Å². The molecule has 4 aromatic heterocycles. The number of nitrogens with zero attached hydrogens (tertiary/aromatic N) is 6. The second kappa shape index (κ2) is 8.89. The highest BCUT2D eigenvalue weighted by molar-refractivity contribution is 5.74. The van der Waals surface area contributed by atoms with Gasteiger partial charge in [0, 0.05) is 62.5 Å². The molecular weight excluding hydrogens is 400 g/mol. The second-order valence-corrected chi connectivity index (χ2v) is 7.64. The van der Waals surface area contributed by atoms with E-state index in [1.54, 1.807) is 4.68 Å². The van der Waals surface area contributed by atoms with Crippen LogP contribution in [0.15, 0.2) is 79.6 Å². The fraction of sp³-hybridized carbons (Fsp3) is 0.167. The first-order valence-electron chi connectivity index (χ1n) is 10.5. The van der Waals surface area contributed by atoms with Gasteiger partial charge in [-0.15, -0.1) is 0 Å². The van der Waals surface area contributed by atoms with Crippen molar-refractivity contribution in [2.45, 2.75) is 6.42 Å². The smallest absolute Gasteiger partial charge is 0.222 e. The highest BCUT2D eigenvalue weighted by Gasteiger charge is 2.07. The van der Waals surface area contributed by atoms with Crippen molar-refractivity contribution >= 4 is 17.2 Å². The normalized spacial score (nSPS) is 11.0. The van der Waals surface area contributed by atoms with Gasteiger partial charge >= 0.3 is 0 Å². The lowest BCUT2D eigenvalue weighted by molar-refractivity contribution is 0.768.